The Morgan fingerprint density at radius 3 is 2.48 bits per heavy atom. The molecule has 2 fully saturated rings. The Hall–Kier alpha value is -0.980. The predicted molar refractivity (Wildman–Crippen MR) is 92.2 cm³/mol. The van der Waals surface area contributed by atoms with E-state index in [1.54, 1.807) is 0 Å². The molecule has 2 saturated heterocycles. The molecule has 2 aliphatic heterocycles. The van der Waals surface area contributed by atoms with Crippen molar-refractivity contribution in [1.29, 1.82) is 0 Å². The maximum absolute atomic E-state index is 4.27. The smallest absolute Gasteiger partial charge is 0.146 e. The van der Waals surface area contributed by atoms with E-state index in [-0.39, 0.29) is 0 Å². The average molecular weight is 320 g/mol. The number of likely N-dealkylation sites (tertiary alicyclic amines) is 1. The molecule has 2 aliphatic rings. The highest BCUT2D eigenvalue weighted by Gasteiger charge is 2.29. The van der Waals surface area contributed by atoms with Gasteiger partial charge in [0.15, 0.2) is 0 Å². The number of aromatic nitrogens is 3. The minimum Gasteiger partial charge on any atom is -0.317 e. The Kier molecular flexibility index (Phi) is 5.67. The molecular weight excluding hydrogens is 288 g/mol. The molecule has 1 atom stereocenters. The fourth-order valence-corrected chi connectivity index (χ4v) is 3.99. The lowest BCUT2D eigenvalue weighted by molar-refractivity contribution is 0.0591. The van der Waals surface area contributed by atoms with Crippen LogP contribution in [0.5, 0.6) is 0 Å². The largest absolute Gasteiger partial charge is 0.317 e. The first-order valence-electron chi connectivity index (χ1n) is 9.19. The Labute approximate surface area is 140 Å². The molecule has 0 N–H and O–H groups in total. The highest BCUT2D eigenvalue weighted by Crippen LogP contribution is 2.25. The summed E-state index contributed by atoms with van der Waals surface area (Å²) in [6, 6.07) is 0.727. The van der Waals surface area contributed by atoms with Crippen molar-refractivity contribution in [3.05, 3.63) is 12.2 Å². The molecule has 0 amide bonds. The van der Waals surface area contributed by atoms with Crippen molar-refractivity contribution in [2.45, 2.75) is 45.8 Å². The fraction of sp³-hybridized carbons (Fsp3) is 0.882. The summed E-state index contributed by atoms with van der Waals surface area (Å²) in [7, 11) is 2.23. The number of aryl methyl sites for hydroxylation is 1. The van der Waals surface area contributed by atoms with Gasteiger partial charge in [-0.25, -0.2) is 0 Å². The zero-order chi connectivity index (χ0) is 16.2. The van der Waals surface area contributed by atoms with Gasteiger partial charge in [-0.3, -0.25) is 9.80 Å². The summed E-state index contributed by atoms with van der Waals surface area (Å²) in [5.74, 6) is 1.96. The molecule has 23 heavy (non-hydrogen) atoms. The van der Waals surface area contributed by atoms with E-state index >= 15 is 0 Å². The number of likely N-dealkylation sites (N-methyl/N-ethyl adjacent to an activating group) is 1. The average Bonchev–Trinajstić information content (AvgIpc) is 3.03. The Balaban J connectivity index is 1.46. The van der Waals surface area contributed by atoms with Gasteiger partial charge in [0, 0.05) is 38.8 Å². The summed E-state index contributed by atoms with van der Waals surface area (Å²) in [5.41, 5.74) is 0. The first kappa shape index (κ1) is 16.9. The maximum Gasteiger partial charge on any atom is 0.146 e. The van der Waals surface area contributed by atoms with E-state index in [4.69, 9.17) is 0 Å². The lowest BCUT2D eigenvalue weighted by Gasteiger charge is -2.42. The van der Waals surface area contributed by atoms with Crippen LogP contribution in [0.2, 0.25) is 0 Å². The van der Waals surface area contributed by atoms with Gasteiger partial charge < -0.3 is 9.47 Å². The molecule has 0 aromatic carbocycles. The van der Waals surface area contributed by atoms with Crippen LogP contribution in [0.1, 0.15) is 32.5 Å². The van der Waals surface area contributed by atoms with Gasteiger partial charge in [-0.05, 0) is 52.7 Å². The number of piperazine rings is 1. The lowest BCUT2D eigenvalue weighted by Crippen LogP contribution is -2.51. The van der Waals surface area contributed by atoms with Crippen LogP contribution < -0.4 is 0 Å². The van der Waals surface area contributed by atoms with Gasteiger partial charge in [0.2, 0.25) is 0 Å². The standard InChI is InChI=1S/C17H32N6/c1-4-22-14-18-19-17(22)13-21-7-5-16(6-8-21)15(2)23-11-9-20(3)10-12-23/h14-16H,4-13H2,1-3H3. The lowest BCUT2D eigenvalue weighted by atomic mass is 9.89. The summed E-state index contributed by atoms with van der Waals surface area (Å²) >= 11 is 0. The van der Waals surface area contributed by atoms with Crippen LogP contribution >= 0.6 is 0 Å². The highest BCUT2D eigenvalue weighted by atomic mass is 15.3. The molecule has 0 bridgehead atoms. The molecule has 0 radical (unpaired) electrons. The van der Waals surface area contributed by atoms with Crippen LogP contribution in [0.25, 0.3) is 0 Å². The Morgan fingerprint density at radius 2 is 1.83 bits per heavy atom. The molecule has 6 nitrogen and oxygen atoms in total. The molecule has 130 valence electrons. The molecule has 0 saturated carbocycles. The summed E-state index contributed by atoms with van der Waals surface area (Å²) in [5, 5.41) is 8.32. The second-order valence-corrected chi connectivity index (χ2v) is 7.23. The molecule has 6 heteroatoms. The molecule has 3 heterocycles. The van der Waals surface area contributed by atoms with Crippen molar-refractivity contribution in [3.8, 4) is 0 Å². The second kappa shape index (κ2) is 7.73. The molecule has 3 rings (SSSR count). The van der Waals surface area contributed by atoms with Crippen molar-refractivity contribution >= 4 is 0 Å². The van der Waals surface area contributed by atoms with E-state index in [0.717, 1.165) is 30.9 Å². The minimum absolute atomic E-state index is 0.727. The number of hydrogen-bond acceptors (Lipinski definition) is 5. The minimum atomic E-state index is 0.727. The molecule has 1 aromatic rings. The zero-order valence-corrected chi connectivity index (χ0v) is 15.0. The van der Waals surface area contributed by atoms with Crippen molar-refractivity contribution in [1.82, 2.24) is 29.5 Å². The molecule has 1 aromatic heterocycles. The van der Waals surface area contributed by atoms with Crippen LogP contribution in [0.15, 0.2) is 6.33 Å². The van der Waals surface area contributed by atoms with Crippen molar-refractivity contribution in [3.63, 3.8) is 0 Å². The third kappa shape index (κ3) is 4.11. The first-order valence-corrected chi connectivity index (χ1v) is 9.19. The van der Waals surface area contributed by atoms with Crippen LogP contribution in [-0.2, 0) is 13.1 Å². The van der Waals surface area contributed by atoms with Gasteiger partial charge in [-0.15, -0.1) is 10.2 Å². The van der Waals surface area contributed by atoms with Crippen molar-refractivity contribution in [2.24, 2.45) is 5.92 Å². The fourth-order valence-electron chi connectivity index (χ4n) is 3.99. The quantitative estimate of drug-likeness (QED) is 0.814. The normalized spacial score (nSPS) is 24.1. The third-order valence-corrected chi connectivity index (χ3v) is 5.83. The summed E-state index contributed by atoms with van der Waals surface area (Å²) in [6.07, 6.45) is 4.47. The van der Waals surface area contributed by atoms with Crippen LogP contribution in [0.3, 0.4) is 0 Å². The molecule has 0 spiro atoms. The van der Waals surface area contributed by atoms with E-state index < -0.39 is 0 Å². The van der Waals surface area contributed by atoms with Crippen molar-refractivity contribution < 1.29 is 0 Å². The van der Waals surface area contributed by atoms with Gasteiger partial charge in [-0.1, -0.05) is 0 Å². The summed E-state index contributed by atoms with van der Waals surface area (Å²) in [4.78, 5) is 7.69. The van der Waals surface area contributed by atoms with E-state index in [1.807, 2.05) is 6.33 Å². The second-order valence-electron chi connectivity index (χ2n) is 7.23. The number of piperidine rings is 1. The molecular formula is C17H32N6. The van der Waals surface area contributed by atoms with Crippen LogP contribution in [-0.4, -0.2) is 81.8 Å². The van der Waals surface area contributed by atoms with Crippen LogP contribution in [0.4, 0.5) is 0 Å². The Bertz CT molecular complexity index is 471. The SMILES string of the molecule is CCn1cnnc1CN1CCC(C(C)N2CCN(C)CC2)CC1. The number of rotatable bonds is 5. The number of nitrogens with zero attached hydrogens (tertiary/aromatic N) is 6. The van der Waals surface area contributed by atoms with Gasteiger partial charge >= 0.3 is 0 Å². The predicted octanol–water partition coefficient (Wildman–Crippen LogP) is 1.15. The highest BCUT2D eigenvalue weighted by molar-refractivity contribution is 4.89. The number of hydrogen-bond donors (Lipinski definition) is 0. The topological polar surface area (TPSA) is 40.4 Å². The monoisotopic (exact) mass is 320 g/mol. The first-order chi connectivity index (χ1) is 11.2. The van der Waals surface area contributed by atoms with Gasteiger partial charge in [0.05, 0.1) is 6.54 Å². The van der Waals surface area contributed by atoms with E-state index in [2.05, 4.69) is 50.4 Å². The maximum atomic E-state index is 4.27. The van der Waals surface area contributed by atoms with E-state index in [9.17, 15) is 0 Å². The van der Waals surface area contributed by atoms with Gasteiger partial charge in [-0.2, -0.15) is 0 Å². The summed E-state index contributed by atoms with van der Waals surface area (Å²) < 4.78 is 2.15. The van der Waals surface area contributed by atoms with Gasteiger partial charge in [0.1, 0.15) is 12.2 Å². The summed E-state index contributed by atoms with van der Waals surface area (Å²) in [6.45, 7) is 13.8. The van der Waals surface area contributed by atoms with Crippen LogP contribution in [0, 0.1) is 5.92 Å². The van der Waals surface area contributed by atoms with E-state index in [0.29, 0.717) is 0 Å². The zero-order valence-electron chi connectivity index (χ0n) is 15.0. The molecule has 0 aliphatic carbocycles. The molecule has 1 unspecified atom stereocenters. The van der Waals surface area contributed by atoms with Gasteiger partial charge in [0.25, 0.3) is 0 Å². The van der Waals surface area contributed by atoms with Crippen molar-refractivity contribution in [2.75, 3.05) is 46.3 Å². The third-order valence-electron chi connectivity index (χ3n) is 5.83. The Morgan fingerprint density at radius 1 is 1.13 bits per heavy atom. The van der Waals surface area contributed by atoms with E-state index in [1.165, 1.54) is 52.1 Å².